The number of aromatic nitrogens is 4. The largest absolute Gasteiger partial charge is 0.504 e. The molecule has 0 fully saturated rings. The summed E-state index contributed by atoms with van der Waals surface area (Å²) in [6, 6.07) is 1.70. The minimum Gasteiger partial charge on any atom is -0.504 e. The van der Waals surface area contributed by atoms with Crippen LogP contribution in [0.4, 0.5) is 5.95 Å². The van der Waals surface area contributed by atoms with E-state index < -0.39 is 0 Å². The van der Waals surface area contributed by atoms with E-state index in [-0.39, 0.29) is 5.75 Å². The van der Waals surface area contributed by atoms with Crippen LogP contribution in [-0.4, -0.2) is 38.5 Å². The van der Waals surface area contributed by atoms with Crippen molar-refractivity contribution in [3.8, 4) is 11.6 Å². The summed E-state index contributed by atoms with van der Waals surface area (Å²) < 4.78 is 6.88. The fraction of sp³-hybridized carbons (Fsp3) is 0.364. The number of ether oxygens (including phenoxy) is 1. The summed E-state index contributed by atoms with van der Waals surface area (Å²) in [5.41, 5.74) is 0.785. The van der Waals surface area contributed by atoms with E-state index >= 15 is 0 Å². The number of hydrogen-bond donors (Lipinski definition) is 1. The van der Waals surface area contributed by atoms with Gasteiger partial charge in [0.25, 0.3) is 0 Å². The van der Waals surface area contributed by atoms with Crippen molar-refractivity contribution in [1.29, 1.82) is 0 Å². The van der Waals surface area contributed by atoms with Gasteiger partial charge in [0.1, 0.15) is 0 Å². The molecule has 3 heterocycles. The van der Waals surface area contributed by atoms with Crippen molar-refractivity contribution >= 4 is 5.95 Å². The molecule has 0 aromatic carbocycles. The number of fused-ring (bicyclic) bond motifs is 1. The Labute approximate surface area is 104 Å². The maximum atomic E-state index is 9.69. The summed E-state index contributed by atoms with van der Waals surface area (Å²) in [5.74, 6) is 1.34. The molecule has 2 aromatic rings. The summed E-state index contributed by atoms with van der Waals surface area (Å²) in [6.45, 7) is 2.00. The van der Waals surface area contributed by atoms with Crippen molar-refractivity contribution in [2.75, 3.05) is 18.6 Å². The number of hydrogen-bond acceptors (Lipinski definition) is 6. The van der Waals surface area contributed by atoms with Crippen molar-refractivity contribution in [2.24, 2.45) is 0 Å². The molecule has 0 radical (unpaired) electrons. The van der Waals surface area contributed by atoms with E-state index in [0.29, 0.717) is 24.9 Å². The smallest absolute Gasteiger partial charge is 0.229 e. The van der Waals surface area contributed by atoms with Crippen LogP contribution in [0.5, 0.6) is 11.6 Å². The van der Waals surface area contributed by atoms with Gasteiger partial charge in [0.15, 0.2) is 5.75 Å². The minimum absolute atomic E-state index is 0.211. The normalized spacial score (nSPS) is 14.4. The van der Waals surface area contributed by atoms with Crippen molar-refractivity contribution in [2.45, 2.75) is 13.1 Å². The lowest BCUT2D eigenvalue weighted by Crippen LogP contribution is -2.35. The maximum Gasteiger partial charge on any atom is 0.229 e. The second-order valence-electron chi connectivity index (χ2n) is 4.02. The fourth-order valence-electron chi connectivity index (χ4n) is 2.00. The molecular weight excluding hydrogens is 234 g/mol. The highest BCUT2D eigenvalue weighted by Gasteiger charge is 2.22. The zero-order valence-corrected chi connectivity index (χ0v) is 9.94. The third-order valence-corrected chi connectivity index (χ3v) is 2.96. The number of aromatic hydroxyl groups is 1. The Morgan fingerprint density at radius 2 is 2.28 bits per heavy atom. The molecule has 0 aliphatic carbocycles. The van der Waals surface area contributed by atoms with Crippen molar-refractivity contribution in [3.05, 3.63) is 24.2 Å². The van der Waals surface area contributed by atoms with Gasteiger partial charge in [-0.25, -0.2) is 4.98 Å². The molecule has 94 valence electrons. The van der Waals surface area contributed by atoms with E-state index in [1.54, 1.807) is 24.1 Å². The van der Waals surface area contributed by atoms with Crippen LogP contribution in [0.15, 0.2) is 18.5 Å². The molecular formula is C11H13N5O2. The molecule has 0 bridgehead atoms. The van der Waals surface area contributed by atoms with E-state index in [4.69, 9.17) is 4.74 Å². The van der Waals surface area contributed by atoms with Crippen LogP contribution in [-0.2, 0) is 13.1 Å². The predicted molar refractivity (Wildman–Crippen MR) is 63.5 cm³/mol. The van der Waals surface area contributed by atoms with Gasteiger partial charge in [0, 0.05) is 18.8 Å². The Hall–Kier alpha value is -2.31. The van der Waals surface area contributed by atoms with Gasteiger partial charge in [-0.05, 0) is 0 Å². The molecule has 0 unspecified atom stereocenters. The number of rotatable bonds is 2. The first-order chi connectivity index (χ1) is 8.78. The van der Waals surface area contributed by atoms with Gasteiger partial charge in [-0.3, -0.25) is 4.68 Å². The maximum absolute atomic E-state index is 9.69. The van der Waals surface area contributed by atoms with Crippen LogP contribution in [0.25, 0.3) is 0 Å². The van der Waals surface area contributed by atoms with Gasteiger partial charge in [0.05, 0.1) is 32.1 Å². The molecule has 0 amide bonds. The molecule has 2 aromatic heterocycles. The van der Waals surface area contributed by atoms with Crippen LogP contribution < -0.4 is 9.64 Å². The van der Waals surface area contributed by atoms with Crippen LogP contribution >= 0.6 is 0 Å². The number of anilines is 1. The van der Waals surface area contributed by atoms with E-state index in [9.17, 15) is 5.11 Å². The average Bonchev–Trinajstić information content (AvgIpc) is 2.80. The monoisotopic (exact) mass is 247 g/mol. The van der Waals surface area contributed by atoms with Crippen molar-refractivity contribution in [3.63, 3.8) is 0 Å². The molecule has 3 rings (SSSR count). The van der Waals surface area contributed by atoms with Gasteiger partial charge in [-0.1, -0.05) is 0 Å². The van der Waals surface area contributed by atoms with Crippen LogP contribution in [0, 0.1) is 0 Å². The Balaban J connectivity index is 1.88. The fourth-order valence-corrected chi connectivity index (χ4v) is 2.00. The first-order valence-corrected chi connectivity index (χ1v) is 5.63. The summed E-state index contributed by atoms with van der Waals surface area (Å²) in [5, 5.41) is 13.8. The standard InChI is InChI=1S/C11H13N5O2/c1-18-10-2-3-12-11(14-10)15-4-5-16-8(7-15)9(17)6-13-16/h2-3,6,17H,4-5,7H2,1H3. The summed E-state index contributed by atoms with van der Waals surface area (Å²) in [4.78, 5) is 10.5. The van der Waals surface area contributed by atoms with E-state index in [2.05, 4.69) is 15.1 Å². The molecule has 0 spiro atoms. The van der Waals surface area contributed by atoms with Gasteiger partial charge in [-0.2, -0.15) is 10.1 Å². The van der Waals surface area contributed by atoms with Crippen molar-refractivity contribution < 1.29 is 9.84 Å². The Morgan fingerprint density at radius 3 is 3.11 bits per heavy atom. The van der Waals surface area contributed by atoms with Gasteiger partial charge < -0.3 is 14.7 Å². The summed E-state index contributed by atoms with van der Waals surface area (Å²) in [6.07, 6.45) is 3.12. The van der Waals surface area contributed by atoms with E-state index in [0.717, 1.165) is 12.2 Å². The third kappa shape index (κ3) is 1.73. The average molecular weight is 247 g/mol. The van der Waals surface area contributed by atoms with Gasteiger partial charge in [-0.15, -0.1) is 0 Å². The second kappa shape index (κ2) is 4.17. The molecule has 7 heteroatoms. The highest BCUT2D eigenvalue weighted by atomic mass is 16.5. The van der Waals surface area contributed by atoms with Gasteiger partial charge >= 0.3 is 0 Å². The van der Waals surface area contributed by atoms with Crippen LogP contribution in [0.1, 0.15) is 5.69 Å². The van der Waals surface area contributed by atoms with E-state index in [1.807, 2.05) is 4.90 Å². The molecule has 18 heavy (non-hydrogen) atoms. The Morgan fingerprint density at radius 1 is 1.39 bits per heavy atom. The molecule has 1 N–H and O–H groups in total. The Kier molecular flexibility index (Phi) is 2.51. The Bertz CT molecular complexity index is 568. The molecule has 0 atom stereocenters. The topological polar surface area (TPSA) is 76.3 Å². The summed E-state index contributed by atoms with van der Waals surface area (Å²) >= 11 is 0. The zero-order valence-electron chi connectivity index (χ0n) is 9.94. The quantitative estimate of drug-likeness (QED) is 0.828. The molecule has 1 aliphatic heterocycles. The van der Waals surface area contributed by atoms with Crippen molar-refractivity contribution in [1.82, 2.24) is 19.7 Å². The molecule has 7 nitrogen and oxygen atoms in total. The predicted octanol–water partition coefficient (Wildman–Crippen LogP) is 0.407. The summed E-state index contributed by atoms with van der Waals surface area (Å²) in [7, 11) is 1.57. The van der Waals surface area contributed by atoms with Crippen LogP contribution in [0.2, 0.25) is 0 Å². The third-order valence-electron chi connectivity index (χ3n) is 2.96. The number of methoxy groups -OCH3 is 1. The van der Waals surface area contributed by atoms with E-state index in [1.165, 1.54) is 6.20 Å². The minimum atomic E-state index is 0.211. The lowest BCUT2D eigenvalue weighted by Gasteiger charge is -2.27. The highest BCUT2D eigenvalue weighted by molar-refractivity contribution is 5.37. The first-order valence-electron chi connectivity index (χ1n) is 5.63. The van der Waals surface area contributed by atoms with Gasteiger partial charge in [0.2, 0.25) is 11.8 Å². The highest BCUT2D eigenvalue weighted by Crippen LogP contribution is 2.24. The zero-order chi connectivity index (χ0) is 12.5. The SMILES string of the molecule is COc1ccnc(N2CCn3ncc(O)c3C2)n1. The lowest BCUT2D eigenvalue weighted by molar-refractivity contribution is 0.395. The first kappa shape index (κ1) is 10.8. The lowest BCUT2D eigenvalue weighted by atomic mass is 10.3. The molecule has 1 aliphatic rings. The molecule has 0 saturated carbocycles. The second-order valence-corrected chi connectivity index (χ2v) is 4.02. The van der Waals surface area contributed by atoms with Crippen LogP contribution in [0.3, 0.4) is 0 Å². The number of nitrogens with zero attached hydrogens (tertiary/aromatic N) is 5. The molecule has 0 saturated heterocycles.